The zero-order valence-electron chi connectivity index (χ0n) is 15.5. The van der Waals surface area contributed by atoms with Crippen molar-refractivity contribution < 1.29 is 4.74 Å². The lowest BCUT2D eigenvalue weighted by Crippen LogP contribution is -2.34. The van der Waals surface area contributed by atoms with E-state index in [1.165, 1.54) is 25.9 Å². The van der Waals surface area contributed by atoms with Crippen molar-refractivity contribution in [3.05, 3.63) is 37.2 Å². The topological polar surface area (TPSA) is 41.5 Å². The molecule has 3 rings (SSSR count). The van der Waals surface area contributed by atoms with E-state index in [9.17, 15) is 0 Å². The van der Waals surface area contributed by atoms with E-state index in [1.807, 2.05) is 25.1 Å². The van der Waals surface area contributed by atoms with Crippen molar-refractivity contribution in [2.75, 3.05) is 38.6 Å². The highest BCUT2D eigenvalue weighted by Crippen LogP contribution is 2.33. The van der Waals surface area contributed by atoms with Crippen LogP contribution in [0.3, 0.4) is 0 Å². The number of likely N-dealkylation sites (tertiary alicyclic amines) is 1. The molecule has 136 valence electrons. The van der Waals surface area contributed by atoms with E-state index in [0.717, 1.165) is 37.0 Å². The van der Waals surface area contributed by atoms with Crippen molar-refractivity contribution in [2.45, 2.75) is 31.8 Å². The molecular weight excluding hydrogens is 312 g/mol. The van der Waals surface area contributed by atoms with E-state index in [4.69, 9.17) is 4.74 Å². The average Bonchev–Trinajstić information content (AvgIpc) is 3.02. The molecule has 1 aromatic heterocycles. The first-order valence-corrected chi connectivity index (χ1v) is 9.30. The first-order valence-electron chi connectivity index (χ1n) is 9.30. The van der Waals surface area contributed by atoms with Crippen LogP contribution in [0.15, 0.2) is 37.2 Å². The van der Waals surface area contributed by atoms with Crippen LogP contribution in [0.1, 0.15) is 25.7 Å². The molecule has 1 aliphatic heterocycles. The SMILES string of the molecule is C=CCCC(CN1C[C@H]2CC=CC[C@H]2C1)Oc1cncc(N(C)C)n1. The van der Waals surface area contributed by atoms with E-state index in [-0.39, 0.29) is 6.10 Å². The largest absolute Gasteiger partial charge is 0.472 e. The summed E-state index contributed by atoms with van der Waals surface area (Å²) in [6.45, 7) is 7.18. The summed E-state index contributed by atoms with van der Waals surface area (Å²) < 4.78 is 6.22. The average molecular weight is 342 g/mol. The molecule has 3 atom stereocenters. The Balaban J connectivity index is 1.61. The summed E-state index contributed by atoms with van der Waals surface area (Å²) in [5, 5.41) is 0. The molecule has 5 nitrogen and oxygen atoms in total. The molecule has 0 saturated carbocycles. The fraction of sp³-hybridized carbons (Fsp3) is 0.600. The second kappa shape index (κ2) is 8.48. The summed E-state index contributed by atoms with van der Waals surface area (Å²) in [6.07, 6.45) is 14.6. The van der Waals surface area contributed by atoms with Gasteiger partial charge in [-0.05, 0) is 37.5 Å². The highest BCUT2D eigenvalue weighted by atomic mass is 16.5. The number of aromatic nitrogens is 2. The Hall–Kier alpha value is -1.88. The van der Waals surface area contributed by atoms with Gasteiger partial charge in [0.2, 0.25) is 5.88 Å². The quantitative estimate of drug-likeness (QED) is 0.679. The Morgan fingerprint density at radius 1 is 1.28 bits per heavy atom. The molecule has 2 heterocycles. The fourth-order valence-electron chi connectivity index (χ4n) is 3.82. The normalized spacial score (nSPS) is 23.9. The number of allylic oxidation sites excluding steroid dienone is 3. The lowest BCUT2D eigenvalue weighted by Gasteiger charge is -2.24. The van der Waals surface area contributed by atoms with E-state index in [0.29, 0.717) is 5.88 Å². The number of rotatable bonds is 8. The monoisotopic (exact) mass is 342 g/mol. The third kappa shape index (κ3) is 4.82. The van der Waals surface area contributed by atoms with Gasteiger partial charge in [0, 0.05) is 33.7 Å². The van der Waals surface area contributed by atoms with E-state index < -0.39 is 0 Å². The van der Waals surface area contributed by atoms with Gasteiger partial charge >= 0.3 is 0 Å². The Labute approximate surface area is 151 Å². The highest BCUT2D eigenvalue weighted by Gasteiger charge is 2.33. The summed E-state index contributed by atoms with van der Waals surface area (Å²) in [5.74, 6) is 3.07. The van der Waals surface area contributed by atoms with Gasteiger partial charge in [0.05, 0.1) is 12.4 Å². The maximum atomic E-state index is 6.22. The third-order valence-electron chi connectivity index (χ3n) is 5.20. The molecule has 2 aliphatic rings. The summed E-state index contributed by atoms with van der Waals surface area (Å²) >= 11 is 0. The van der Waals surface area contributed by atoms with Gasteiger partial charge in [-0.25, -0.2) is 0 Å². The minimum atomic E-state index is 0.123. The van der Waals surface area contributed by atoms with Gasteiger partial charge in [-0.1, -0.05) is 18.2 Å². The van der Waals surface area contributed by atoms with Gasteiger partial charge < -0.3 is 9.64 Å². The molecule has 0 spiro atoms. The van der Waals surface area contributed by atoms with Gasteiger partial charge in [0.1, 0.15) is 6.10 Å². The number of fused-ring (bicyclic) bond motifs is 1. The Kier molecular flexibility index (Phi) is 6.08. The molecule has 0 amide bonds. The first kappa shape index (κ1) is 17.9. The zero-order valence-corrected chi connectivity index (χ0v) is 15.5. The number of hydrogen-bond acceptors (Lipinski definition) is 5. The Morgan fingerprint density at radius 3 is 2.64 bits per heavy atom. The summed E-state index contributed by atoms with van der Waals surface area (Å²) in [7, 11) is 3.92. The lowest BCUT2D eigenvalue weighted by molar-refractivity contribution is 0.131. The lowest BCUT2D eigenvalue weighted by atomic mass is 9.86. The summed E-state index contributed by atoms with van der Waals surface area (Å²) in [6, 6.07) is 0. The summed E-state index contributed by atoms with van der Waals surface area (Å²) in [5.41, 5.74) is 0. The number of nitrogens with zero attached hydrogens (tertiary/aromatic N) is 4. The maximum Gasteiger partial charge on any atom is 0.234 e. The molecule has 1 fully saturated rings. The smallest absolute Gasteiger partial charge is 0.234 e. The van der Waals surface area contributed by atoms with Crippen LogP contribution in [0.5, 0.6) is 5.88 Å². The number of hydrogen-bond donors (Lipinski definition) is 0. The van der Waals surface area contributed by atoms with Crippen molar-refractivity contribution in [3.8, 4) is 5.88 Å². The molecule has 0 aromatic carbocycles. The zero-order chi connectivity index (χ0) is 17.6. The van der Waals surface area contributed by atoms with E-state index in [2.05, 4.69) is 33.6 Å². The minimum absolute atomic E-state index is 0.123. The van der Waals surface area contributed by atoms with Crippen molar-refractivity contribution in [2.24, 2.45) is 11.8 Å². The molecule has 1 saturated heterocycles. The molecule has 5 heteroatoms. The molecule has 1 aromatic rings. The van der Waals surface area contributed by atoms with Gasteiger partial charge in [-0.15, -0.1) is 6.58 Å². The van der Waals surface area contributed by atoms with Crippen LogP contribution in [0.25, 0.3) is 0 Å². The minimum Gasteiger partial charge on any atom is -0.472 e. The van der Waals surface area contributed by atoms with Crippen molar-refractivity contribution in [3.63, 3.8) is 0 Å². The van der Waals surface area contributed by atoms with Crippen LogP contribution in [0, 0.1) is 11.8 Å². The molecule has 1 unspecified atom stereocenters. The maximum absolute atomic E-state index is 6.22. The highest BCUT2D eigenvalue weighted by molar-refractivity contribution is 5.35. The van der Waals surface area contributed by atoms with Crippen LogP contribution < -0.4 is 9.64 Å². The van der Waals surface area contributed by atoms with Gasteiger partial charge in [-0.3, -0.25) is 9.88 Å². The van der Waals surface area contributed by atoms with Crippen LogP contribution in [-0.2, 0) is 0 Å². The van der Waals surface area contributed by atoms with Gasteiger partial charge in [0.25, 0.3) is 0 Å². The van der Waals surface area contributed by atoms with Crippen LogP contribution >= 0.6 is 0 Å². The fourth-order valence-corrected chi connectivity index (χ4v) is 3.82. The standard InChI is InChI=1S/C20H30N4O/c1-4-5-10-18(25-20-12-21-11-19(22-20)23(2)3)15-24-13-16-8-6-7-9-17(16)14-24/h4,6-7,11-12,16-18H,1,5,8-10,13-15H2,2-3H3/t16-,17+,18?. The van der Waals surface area contributed by atoms with Crippen molar-refractivity contribution in [1.82, 2.24) is 14.9 Å². The van der Waals surface area contributed by atoms with Crippen LogP contribution in [0.4, 0.5) is 5.82 Å². The van der Waals surface area contributed by atoms with Crippen molar-refractivity contribution >= 4 is 5.82 Å². The molecule has 0 bridgehead atoms. The number of ether oxygens (including phenoxy) is 1. The molecule has 1 aliphatic carbocycles. The Bertz CT molecular complexity index is 585. The second-order valence-electron chi connectivity index (χ2n) is 7.40. The molecule has 25 heavy (non-hydrogen) atoms. The third-order valence-corrected chi connectivity index (χ3v) is 5.20. The van der Waals surface area contributed by atoms with Crippen LogP contribution in [0.2, 0.25) is 0 Å². The Morgan fingerprint density at radius 2 is 2.00 bits per heavy atom. The van der Waals surface area contributed by atoms with E-state index in [1.54, 1.807) is 12.4 Å². The second-order valence-corrected chi connectivity index (χ2v) is 7.40. The van der Waals surface area contributed by atoms with Gasteiger partial charge in [0.15, 0.2) is 5.82 Å². The predicted octanol–water partition coefficient (Wildman–Crippen LogP) is 3.15. The van der Waals surface area contributed by atoms with Crippen molar-refractivity contribution in [1.29, 1.82) is 0 Å². The summed E-state index contributed by atoms with van der Waals surface area (Å²) in [4.78, 5) is 13.3. The van der Waals surface area contributed by atoms with Crippen LogP contribution in [-0.4, -0.2) is 54.7 Å². The molecule has 0 radical (unpaired) electrons. The molecular formula is C20H30N4O. The van der Waals surface area contributed by atoms with Gasteiger partial charge in [-0.2, -0.15) is 4.98 Å². The number of anilines is 1. The van der Waals surface area contributed by atoms with E-state index >= 15 is 0 Å². The molecule has 0 N–H and O–H groups in total. The predicted molar refractivity (Wildman–Crippen MR) is 102 cm³/mol. The first-order chi connectivity index (χ1) is 12.2.